The van der Waals surface area contributed by atoms with E-state index in [1.54, 1.807) is 12.1 Å². The second-order valence-electron chi connectivity index (χ2n) is 4.62. The molecule has 0 saturated carbocycles. The number of likely N-dealkylation sites (N-methyl/N-ethyl adjacent to an activating group) is 1. The third-order valence-corrected chi connectivity index (χ3v) is 3.08. The van der Waals surface area contributed by atoms with Crippen LogP contribution in [-0.4, -0.2) is 42.0 Å². The largest absolute Gasteiger partial charge is 0.347 e. The van der Waals surface area contributed by atoms with Crippen molar-refractivity contribution in [2.45, 2.75) is 18.9 Å². The number of carbonyl (C=O) groups is 1. The van der Waals surface area contributed by atoms with Crippen LogP contribution in [0.15, 0.2) is 18.3 Å². The first-order chi connectivity index (χ1) is 8.69. The van der Waals surface area contributed by atoms with Gasteiger partial charge in [0, 0.05) is 18.8 Å². The predicted octanol–water partition coefficient (Wildman–Crippen LogP) is 0.777. The molecule has 2 rings (SSSR count). The molecule has 1 aliphatic rings. The van der Waals surface area contributed by atoms with Gasteiger partial charge in [-0.25, -0.2) is 4.98 Å². The van der Waals surface area contributed by atoms with E-state index in [4.69, 9.17) is 5.26 Å². The molecule has 1 amide bonds. The van der Waals surface area contributed by atoms with Crippen molar-refractivity contribution < 1.29 is 4.79 Å². The van der Waals surface area contributed by atoms with Crippen molar-refractivity contribution in [2.24, 2.45) is 0 Å². The van der Waals surface area contributed by atoms with Gasteiger partial charge in [0.25, 0.3) is 5.91 Å². The number of likely N-dealkylation sites (tertiary alicyclic amines) is 1. The Labute approximate surface area is 106 Å². The molecule has 0 radical (unpaired) electrons. The monoisotopic (exact) mass is 244 g/mol. The van der Waals surface area contributed by atoms with Gasteiger partial charge in [-0.05, 0) is 38.6 Å². The molecule has 94 valence electrons. The van der Waals surface area contributed by atoms with Crippen LogP contribution in [0.2, 0.25) is 0 Å². The van der Waals surface area contributed by atoms with Gasteiger partial charge in [0.05, 0.1) is 5.56 Å². The first kappa shape index (κ1) is 12.5. The maximum Gasteiger partial charge on any atom is 0.270 e. The minimum Gasteiger partial charge on any atom is -0.347 e. The van der Waals surface area contributed by atoms with Crippen molar-refractivity contribution in [3.05, 3.63) is 29.6 Å². The highest BCUT2D eigenvalue weighted by molar-refractivity contribution is 5.92. The van der Waals surface area contributed by atoms with Gasteiger partial charge in [0.2, 0.25) is 0 Å². The molecule has 1 saturated heterocycles. The Bertz CT molecular complexity index is 463. The quantitative estimate of drug-likeness (QED) is 0.834. The van der Waals surface area contributed by atoms with E-state index in [9.17, 15) is 4.79 Å². The normalized spacial score (nSPS) is 20.1. The van der Waals surface area contributed by atoms with E-state index < -0.39 is 0 Å². The maximum atomic E-state index is 11.9. The number of aromatic nitrogens is 1. The van der Waals surface area contributed by atoms with Crippen molar-refractivity contribution >= 4 is 5.91 Å². The Kier molecular flexibility index (Phi) is 3.90. The fourth-order valence-corrected chi connectivity index (χ4v) is 2.14. The van der Waals surface area contributed by atoms with E-state index in [-0.39, 0.29) is 11.9 Å². The lowest BCUT2D eigenvalue weighted by atomic mass is 10.1. The van der Waals surface area contributed by atoms with Gasteiger partial charge >= 0.3 is 0 Å². The predicted molar refractivity (Wildman–Crippen MR) is 66.9 cm³/mol. The topological polar surface area (TPSA) is 69.0 Å². The summed E-state index contributed by atoms with van der Waals surface area (Å²) >= 11 is 0. The molecule has 1 unspecified atom stereocenters. The van der Waals surface area contributed by atoms with Gasteiger partial charge in [-0.2, -0.15) is 5.26 Å². The van der Waals surface area contributed by atoms with E-state index in [1.165, 1.54) is 6.20 Å². The van der Waals surface area contributed by atoms with Crippen molar-refractivity contribution in [2.75, 3.05) is 20.1 Å². The van der Waals surface area contributed by atoms with Crippen molar-refractivity contribution in [3.8, 4) is 6.07 Å². The fraction of sp³-hybridized carbons (Fsp3) is 0.462. The molecule has 18 heavy (non-hydrogen) atoms. The molecule has 0 spiro atoms. The van der Waals surface area contributed by atoms with Gasteiger partial charge in [-0.15, -0.1) is 0 Å². The molecule has 1 N–H and O–H groups in total. The van der Waals surface area contributed by atoms with Gasteiger partial charge in [-0.3, -0.25) is 4.79 Å². The zero-order valence-electron chi connectivity index (χ0n) is 10.4. The van der Waals surface area contributed by atoms with E-state index >= 15 is 0 Å². The van der Waals surface area contributed by atoms with Crippen LogP contribution in [0.4, 0.5) is 0 Å². The summed E-state index contributed by atoms with van der Waals surface area (Å²) in [5.41, 5.74) is 0.825. The summed E-state index contributed by atoms with van der Waals surface area (Å²) in [5, 5.41) is 11.6. The Balaban J connectivity index is 1.96. The SMILES string of the molecule is CN1CCCC(NC(=O)c2ccc(C#N)cn2)C1. The van der Waals surface area contributed by atoms with Crippen LogP contribution in [0.1, 0.15) is 28.9 Å². The molecule has 2 heterocycles. The summed E-state index contributed by atoms with van der Waals surface area (Å²) < 4.78 is 0. The van der Waals surface area contributed by atoms with Crippen LogP contribution in [0.3, 0.4) is 0 Å². The standard InChI is InChI=1S/C13H16N4O/c1-17-6-2-3-11(9-17)16-13(18)12-5-4-10(7-14)8-15-12/h4-5,8,11H,2-3,6,9H2,1H3,(H,16,18). The van der Waals surface area contributed by atoms with Crippen LogP contribution in [-0.2, 0) is 0 Å². The number of carbonyl (C=O) groups excluding carboxylic acids is 1. The lowest BCUT2D eigenvalue weighted by molar-refractivity contribution is 0.0907. The minimum atomic E-state index is -0.167. The number of piperidine rings is 1. The molecule has 1 atom stereocenters. The zero-order chi connectivity index (χ0) is 13.0. The number of nitrogens with zero attached hydrogens (tertiary/aromatic N) is 3. The third-order valence-electron chi connectivity index (χ3n) is 3.08. The van der Waals surface area contributed by atoms with Crippen LogP contribution in [0.25, 0.3) is 0 Å². The van der Waals surface area contributed by atoms with E-state index in [0.29, 0.717) is 11.3 Å². The van der Waals surface area contributed by atoms with E-state index in [0.717, 1.165) is 25.9 Å². The van der Waals surface area contributed by atoms with Crippen LogP contribution in [0.5, 0.6) is 0 Å². The second-order valence-corrected chi connectivity index (χ2v) is 4.62. The number of hydrogen-bond acceptors (Lipinski definition) is 4. The highest BCUT2D eigenvalue weighted by Gasteiger charge is 2.19. The number of nitriles is 1. The maximum absolute atomic E-state index is 11.9. The Morgan fingerprint density at radius 1 is 1.61 bits per heavy atom. The van der Waals surface area contributed by atoms with Crippen molar-refractivity contribution in [3.63, 3.8) is 0 Å². The molecule has 0 aliphatic carbocycles. The summed E-state index contributed by atoms with van der Waals surface area (Å²) in [7, 11) is 2.05. The smallest absolute Gasteiger partial charge is 0.270 e. The van der Waals surface area contributed by atoms with Gasteiger partial charge in [0.15, 0.2) is 0 Å². The molecule has 1 fully saturated rings. The van der Waals surface area contributed by atoms with Crippen molar-refractivity contribution in [1.82, 2.24) is 15.2 Å². The number of rotatable bonds is 2. The third kappa shape index (κ3) is 3.05. The lowest BCUT2D eigenvalue weighted by Crippen LogP contribution is -2.46. The summed E-state index contributed by atoms with van der Waals surface area (Å²) in [6.45, 7) is 1.96. The van der Waals surface area contributed by atoms with E-state index in [1.807, 2.05) is 6.07 Å². The highest BCUT2D eigenvalue weighted by atomic mass is 16.1. The molecular formula is C13H16N4O. The van der Waals surface area contributed by atoms with Crippen LogP contribution in [0, 0.1) is 11.3 Å². The molecule has 1 aromatic heterocycles. The molecular weight excluding hydrogens is 228 g/mol. The Morgan fingerprint density at radius 2 is 2.44 bits per heavy atom. The van der Waals surface area contributed by atoms with Crippen molar-refractivity contribution in [1.29, 1.82) is 5.26 Å². The first-order valence-corrected chi connectivity index (χ1v) is 6.04. The highest BCUT2D eigenvalue weighted by Crippen LogP contribution is 2.08. The van der Waals surface area contributed by atoms with Gasteiger partial charge in [0.1, 0.15) is 11.8 Å². The van der Waals surface area contributed by atoms with E-state index in [2.05, 4.69) is 22.2 Å². The zero-order valence-corrected chi connectivity index (χ0v) is 10.4. The van der Waals surface area contributed by atoms with Crippen LogP contribution < -0.4 is 5.32 Å². The number of nitrogens with one attached hydrogen (secondary N) is 1. The lowest BCUT2D eigenvalue weighted by Gasteiger charge is -2.30. The first-order valence-electron chi connectivity index (χ1n) is 6.04. The Morgan fingerprint density at radius 3 is 3.06 bits per heavy atom. The molecule has 5 heteroatoms. The molecule has 1 aliphatic heterocycles. The minimum absolute atomic E-state index is 0.167. The molecule has 0 bridgehead atoms. The summed E-state index contributed by atoms with van der Waals surface area (Å²) in [4.78, 5) is 18.1. The second kappa shape index (κ2) is 5.61. The summed E-state index contributed by atoms with van der Waals surface area (Å²) in [6.07, 6.45) is 3.52. The average molecular weight is 244 g/mol. The number of amides is 1. The van der Waals surface area contributed by atoms with Crippen LogP contribution >= 0.6 is 0 Å². The van der Waals surface area contributed by atoms with Gasteiger partial charge < -0.3 is 10.2 Å². The molecule has 1 aromatic rings. The number of pyridine rings is 1. The molecule has 5 nitrogen and oxygen atoms in total. The summed E-state index contributed by atoms with van der Waals surface area (Å²) in [5.74, 6) is -0.167. The average Bonchev–Trinajstić information content (AvgIpc) is 2.39. The Hall–Kier alpha value is -1.93. The van der Waals surface area contributed by atoms with Gasteiger partial charge in [-0.1, -0.05) is 0 Å². The number of hydrogen-bond donors (Lipinski definition) is 1. The summed E-state index contributed by atoms with van der Waals surface area (Å²) in [6, 6.07) is 5.36. The molecule has 0 aromatic carbocycles. The fourth-order valence-electron chi connectivity index (χ4n) is 2.14.